The first-order chi connectivity index (χ1) is 8.13. The summed E-state index contributed by atoms with van der Waals surface area (Å²) in [6, 6.07) is 0. The van der Waals surface area contributed by atoms with Crippen LogP contribution in [0.1, 0.15) is 46.0 Å². The number of hydrogen-bond donors (Lipinski definition) is 0. The van der Waals surface area contributed by atoms with Crippen LogP contribution in [0, 0.1) is 0 Å². The standard InChI is InChI=1S/C13H22O4/c1-4-6-7-8-10-17-13(15)11(3)12(14)16-9-5-2/h3-10H2,1-2H3. The SMILES string of the molecule is C=C(C(=O)OCCC)C(=O)OCCCCCC. The van der Waals surface area contributed by atoms with Gasteiger partial charge in [-0.25, -0.2) is 9.59 Å². The molecule has 0 fully saturated rings. The molecule has 0 aliphatic rings. The summed E-state index contributed by atoms with van der Waals surface area (Å²) in [6.45, 7) is 7.98. The van der Waals surface area contributed by atoms with Gasteiger partial charge in [-0.05, 0) is 12.8 Å². The van der Waals surface area contributed by atoms with Gasteiger partial charge in [0.15, 0.2) is 0 Å². The number of ether oxygens (including phenoxy) is 2. The molecule has 0 aliphatic heterocycles. The topological polar surface area (TPSA) is 52.6 Å². The fourth-order valence-electron chi connectivity index (χ4n) is 1.15. The molecular weight excluding hydrogens is 220 g/mol. The molecular formula is C13H22O4. The van der Waals surface area contributed by atoms with E-state index < -0.39 is 11.9 Å². The summed E-state index contributed by atoms with van der Waals surface area (Å²) in [4.78, 5) is 22.6. The summed E-state index contributed by atoms with van der Waals surface area (Å²) in [7, 11) is 0. The van der Waals surface area contributed by atoms with Crippen molar-refractivity contribution in [1.29, 1.82) is 0 Å². The molecule has 0 spiro atoms. The number of carbonyl (C=O) groups is 2. The van der Waals surface area contributed by atoms with Crippen molar-refractivity contribution in [3.8, 4) is 0 Å². The van der Waals surface area contributed by atoms with E-state index in [2.05, 4.69) is 13.5 Å². The predicted molar refractivity (Wildman–Crippen MR) is 65.5 cm³/mol. The van der Waals surface area contributed by atoms with Crippen LogP contribution >= 0.6 is 0 Å². The van der Waals surface area contributed by atoms with Crippen LogP contribution in [0.3, 0.4) is 0 Å². The van der Waals surface area contributed by atoms with Gasteiger partial charge >= 0.3 is 11.9 Å². The van der Waals surface area contributed by atoms with Crippen molar-refractivity contribution in [2.24, 2.45) is 0 Å². The minimum atomic E-state index is -0.689. The van der Waals surface area contributed by atoms with E-state index in [1.54, 1.807) is 0 Å². The lowest BCUT2D eigenvalue weighted by Crippen LogP contribution is -2.18. The van der Waals surface area contributed by atoms with Gasteiger partial charge in [-0.2, -0.15) is 0 Å². The lowest BCUT2D eigenvalue weighted by Gasteiger charge is -2.06. The Bertz CT molecular complexity index is 258. The Labute approximate surface area is 103 Å². The van der Waals surface area contributed by atoms with Crippen LogP contribution in [0.4, 0.5) is 0 Å². The maximum atomic E-state index is 11.4. The van der Waals surface area contributed by atoms with Crippen molar-refractivity contribution >= 4 is 11.9 Å². The lowest BCUT2D eigenvalue weighted by atomic mass is 10.2. The van der Waals surface area contributed by atoms with Crippen molar-refractivity contribution in [1.82, 2.24) is 0 Å². The molecule has 0 rings (SSSR count). The second-order valence-electron chi connectivity index (χ2n) is 3.81. The highest BCUT2D eigenvalue weighted by Crippen LogP contribution is 2.03. The van der Waals surface area contributed by atoms with Crippen LogP contribution in [-0.2, 0) is 19.1 Å². The van der Waals surface area contributed by atoms with Crippen molar-refractivity contribution in [2.75, 3.05) is 13.2 Å². The fourth-order valence-corrected chi connectivity index (χ4v) is 1.15. The number of hydrogen-bond acceptors (Lipinski definition) is 4. The fraction of sp³-hybridized carbons (Fsp3) is 0.692. The third-order valence-corrected chi connectivity index (χ3v) is 2.16. The molecule has 0 unspecified atom stereocenters. The van der Waals surface area contributed by atoms with Gasteiger partial charge in [0.05, 0.1) is 13.2 Å². The second-order valence-corrected chi connectivity index (χ2v) is 3.81. The Morgan fingerprint density at radius 2 is 1.47 bits per heavy atom. The van der Waals surface area contributed by atoms with Crippen LogP contribution in [0.15, 0.2) is 12.2 Å². The van der Waals surface area contributed by atoms with E-state index in [9.17, 15) is 9.59 Å². The molecule has 0 atom stereocenters. The molecule has 0 amide bonds. The molecule has 0 N–H and O–H groups in total. The molecule has 98 valence electrons. The smallest absolute Gasteiger partial charge is 0.344 e. The van der Waals surface area contributed by atoms with Crippen molar-refractivity contribution in [2.45, 2.75) is 46.0 Å². The van der Waals surface area contributed by atoms with Crippen LogP contribution in [0.5, 0.6) is 0 Å². The van der Waals surface area contributed by atoms with E-state index in [4.69, 9.17) is 9.47 Å². The van der Waals surface area contributed by atoms with Crippen molar-refractivity contribution in [3.63, 3.8) is 0 Å². The molecule has 0 saturated heterocycles. The summed E-state index contributed by atoms with van der Waals surface area (Å²) in [6.07, 6.45) is 4.81. The van der Waals surface area contributed by atoms with Crippen LogP contribution in [0.25, 0.3) is 0 Å². The molecule has 0 aliphatic carbocycles. The van der Waals surface area contributed by atoms with Crippen LogP contribution in [-0.4, -0.2) is 25.2 Å². The van der Waals surface area contributed by atoms with Gasteiger partial charge in [-0.15, -0.1) is 0 Å². The molecule has 0 radical (unpaired) electrons. The lowest BCUT2D eigenvalue weighted by molar-refractivity contribution is -0.147. The molecule has 0 saturated carbocycles. The molecule has 0 aromatic carbocycles. The minimum absolute atomic E-state index is 0.228. The largest absolute Gasteiger partial charge is 0.462 e. The third-order valence-electron chi connectivity index (χ3n) is 2.16. The van der Waals surface area contributed by atoms with Crippen molar-refractivity contribution < 1.29 is 19.1 Å². The molecule has 0 bridgehead atoms. The zero-order chi connectivity index (χ0) is 13.1. The van der Waals surface area contributed by atoms with Crippen LogP contribution in [0.2, 0.25) is 0 Å². The molecule has 0 aromatic rings. The number of rotatable bonds is 9. The van der Waals surface area contributed by atoms with E-state index in [0.717, 1.165) is 25.7 Å². The first-order valence-corrected chi connectivity index (χ1v) is 6.16. The summed E-state index contributed by atoms with van der Waals surface area (Å²) in [5.41, 5.74) is -0.228. The van der Waals surface area contributed by atoms with Gasteiger partial charge in [-0.1, -0.05) is 39.7 Å². The van der Waals surface area contributed by atoms with E-state index in [0.29, 0.717) is 19.6 Å². The maximum absolute atomic E-state index is 11.4. The molecule has 0 heterocycles. The maximum Gasteiger partial charge on any atom is 0.344 e. The molecule has 17 heavy (non-hydrogen) atoms. The predicted octanol–water partition coefficient (Wildman–Crippen LogP) is 2.62. The average Bonchev–Trinajstić information content (AvgIpc) is 2.34. The van der Waals surface area contributed by atoms with E-state index in [1.807, 2.05) is 6.92 Å². The van der Waals surface area contributed by atoms with Gasteiger partial charge in [-0.3, -0.25) is 0 Å². The first kappa shape index (κ1) is 15.7. The van der Waals surface area contributed by atoms with E-state index >= 15 is 0 Å². The third kappa shape index (κ3) is 7.55. The van der Waals surface area contributed by atoms with Gasteiger partial charge in [0.2, 0.25) is 0 Å². The summed E-state index contributed by atoms with van der Waals surface area (Å²) in [5, 5.41) is 0. The highest BCUT2D eigenvalue weighted by atomic mass is 16.6. The number of carbonyl (C=O) groups excluding carboxylic acids is 2. The molecule has 4 nitrogen and oxygen atoms in total. The first-order valence-electron chi connectivity index (χ1n) is 6.16. The second kappa shape index (κ2) is 9.87. The zero-order valence-electron chi connectivity index (χ0n) is 10.8. The van der Waals surface area contributed by atoms with Crippen LogP contribution < -0.4 is 0 Å². The quantitative estimate of drug-likeness (QED) is 0.205. The Hall–Kier alpha value is -1.32. The summed E-state index contributed by atoms with van der Waals surface area (Å²) < 4.78 is 9.69. The zero-order valence-corrected chi connectivity index (χ0v) is 10.8. The normalized spacial score (nSPS) is 9.76. The average molecular weight is 242 g/mol. The van der Waals surface area contributed by atoms with Gasteiger partial charge in [0.25, 0.3) is 0 Å². The Morgan fingerprint density at radius 1 is 0.882 bits per heavy atom. The number of esters is 2. The monoisotopic (exact) mass is 242 g/mol. The molecule has 0 aromatic heterocycles. The minimum Gasteiger partial charge on any atom is -0.462 e. The highest BCUT2D eigenvalue weighted by molar-refractivity contribution is 6.13. The van der Waals surface area contributed by atoms with Crippen molar-refractivity contribution in [3.05, 3.63) is 12.2 Å². The van der Waals surface area contributed by atoms with Gasteiger partial charge in [0, 0.05) is 0 Å². The summed E-state index contributed by atoms with van der Waals surface area (Å²) >= 11 is 0. The Morgan fingerprint density at radius 3 is 2.00 bits per heavy atom. The highest BCUT2D eigenvalue weighted by Gasteiger charge is 2.18. The van der Waals surface area contributed by atoms with E-state index in [-0.39, 0.29) is 5.57 Å². The van der Waals surface area contributed by atoms with E-state index in [1.165, 1.54) is 0 Å². The van der Waals surface area contributed by atoms with Gasteiger partial charge in [0.1, 0.15) is 5.57 Å². The Balaban J connectivity index is 3.74. The Kier molecular flexibility index (Phi) is 9.11. The molecule has 4 heteroatoms. The summed E-state index contributed by atoms with van der Waals surface area (Å²) in [5.74, 6) is -1.37. The number of unbranched alkanes of at least 4 members (excludes halogenated alkanes) is 3. The van der Waals surface area contributed by atoms with Gasteiger partial charge < -0.3 is 9.47 Å².